The monoisotopic (exact) mass is 405 g/mol. The topological polar surface area (TPSA) is 55.4 Å². The molecule has 0 heterocycles. The van der Waals surface area contributed by atoms with Crippen molar-refractivity contribution >= 4 is 28.6 Å². The van der Waals surface area contributed by atoms with Gasteiger partial charge in [0.25, 0.3) is 0 Å². The lowest BCUT2D eigenvalue weighted by atomic mass is 10.0. The summed E-state index contributed by atoms with van der Waals surface area (Å²) in [5.41, 5.74) is 1.19. The Morgan fingerprint density at radius 2 is 1.85 bits per heavy atom. The van der Waals surface area contributed by atoms with E-state index in [2.05, 4.69) is 11.3 Å². The summed E-state index contributed by atoms with van der Waals surface area (Å²) in [7, 11) is -1.39. The fraction of sp³-hybridized carbons (Fsp3) is 0.286. The predicted octanol–water partition coefficient (Wildman–Crippen LogP) is 4.84. The van der Waals surface area contributed by atoms with Crippen molar-refractivity contribution in [2.45, 2.75) is 37.7 Å². The van der Waals surface area contributed by atoms with Crippen molar-refractivity contribution in [2.75, 3.05) is 0 Å². The number of rotatable bonds is 7. The first-order valence-corrected chi connectivity index (χ1v) is 10.1. The minimum absolute atomic E-state index is 0.436. The lowest BCUT2D eigenvalue weighted by Crippen LogP contribution is -2.41. The van der Waals surface area contributed by atoms with Crippen LogP contribution in [0, 0.1) is 0 Å². The summed E-state index contributed by atoms with van der Waals surface area (Å²) >= 11 is 6.13. The molecule has 0 aromatic heterocycles. The van der Waals surface area contributed by atoms with Gasteiger partial charge in [-0.15, -0.1) is 0 Å². The van der Waals surface area contributed by atoms with Gasteiger partial charge in [0, 0.05) is 5.02 Å². The molecule has 0 aliphatic rings. The quantitative estimate of drug-likeness (QED) is 0.529. The molecule has 0 aliphatic heterocycles. The summed E-state index contributed by atoms with van der Waals surface area (Å²) in [6.07, 6.45) is 0.793. The minimum Gasteiger partial charge on any atom is -0.452 e. The van der Waals surface area contributed by atoms with Crippen LogP contribution in [0.15, 0.2) is 67.3 Å². The van der Waals surface area contributed by atoms with Crippen molar-refractivity contribution in [3.63, 3.8) is 0 Å². The summed E-state index contributed by atoms with van der Waals surface area (Å²) in [4.78, 5) is 12.5. The molecule has 2 aromatic rings. The van der Waals surface area contributed by atoms with Crippen molar-refractivity contribution in [3.8, 4) is 0 Å². The van der Waals surface area contributed by atoms with Crippen LogP contribution in [0.5, 0.6) is 0 Å². The van der Waals surface area contributed by atoms with Gasteiger partial charge >= 0.3 is 5.97 Å². The van der Waals surface area contributed by atoms with Crippen molar-refractivity contribution < 1.29 is 13.7 Å². The Morgan fingerprint density at radius 3 is 2.41 bits per heavy atom. The van der Waals surface area contributed by atoms with Crippen LogP contribution < -0.4 is 4.72 Å². The van der Waals surface area contributed by atoms with Crippen LogP contribution in [0.2, 0.25) is 5.02 Å². The lowest BCUT2D eigenvalue weighted by molar-refractivity contribution is 0.0337. The average molecular weight is 406 g/mol. The zero-order valence-electron chi connectivity index (χ0n) is 15.6. The SMILES string of the molecule is C=C[C@@H](OC(=O)c1ccccc1)[C@@H](NS(=O)C(C)(C)C)c1cccc(Cl)c1. The Hall–Kier alpha value is -1.95. The van der Waals surface area contributed by atoms with Gasteiger partial charge < -0.3 is 4.74 Å². The van der Waals surface area contributed by atoms with E-state index < -0.39 is 33.8 Å². The molecule has 0 saturated carbocycles. The van der Waals surface area contributed by atoms with Gasteiger partial charge in [-0.3, -0.25) is 0 Å². The molecule has 2 rings (SSSR count). The van der Waals surface area contributed by atoms with Gasteiger partial charge in [-0.1, -0.05) is 48.5 Å². The molecule has 4 nitrogen and oxygen atoms in total. The number of esters is 1. The molecule has 0 saturated heterocycles. The van der Waals surface area contributed by atoms with Crippen LogP contribution in [0.3, 0.4) is 0 Å². The molecule has 144 valence electrons. The van der Waals surface area contributed by atoms with E-state index in [0.717, 1.165) is 5.56 Å². The lowest BCUT2D eigenvalue weighted by Gasteiger charge is -2.29. The fourth-order valence-electron chi connectivity index (χ4n) is 2.34. The number of carbonyl (C=O) groups is 1. The van der Waals surface area contributed by atoms with Crippen molar-refractivity contribution in [3.05, 3.63) is 83.4 Å². The molecule has 0 aliphatic carbocycles. The molecule has 0 bridgehead atoms. The predicted molar refractivity (Wildman–Crippen MR) is 111 cm³/mol. The van der Waals surface area contributed by atoms with Gasteiger partial charge in [0.05, 0.1) is 27.3 Å². The molecular weight excluding hydrogens is 382 g/mol. The standard InChI is InChI=1S/C21H24ClNO3S/c1-5-18(26-20(24)15-10-7-6-8-11-15)19(23-27(25)21(2,3)4)16-12-9-13-17(22)14-16/h5-14,18-19,23H,1H2,2-4H3/t18-,19+,27?/m1/s1. The second kappa shape index (κ2) is 9.31. The van der Waals surface area contributed by atoms with E-state index in [1.807, 2.05) is 32.9 Å². The Balaban J connectivity index is 2.33. The van der Waals surface area contributed by atoms with Crippen LogP contribution in [0.25, 0.3) is 0 Å². The van der Waals surface area contributed by atoms with E-state index in [1.165, 1.54) is 6.08 Å². The molecule has 6 heteroatoms. The van der Waals surface area contributed by atoms with Crippen LogP contribution in [-0.2, 0) is 15.7 Å². The van der Waals surface area contributed by atoms with Crippen molar-refractivity contribution in [1.29, 1.82) is 0 Å². The molecule has 1 unspecified atom stereocenters. The second-order valence-corrected chi connectivity index (χ2v) is 9.44. The molecule has 27 heavy (non-hydrogen) atoms. The number of ether oxygens (including phenoxy) is 1. The zero-order valence-corrected chi connectivity index (χ0v) is 17.2. The maximum Gasteiger partial charge on any atom is 0.338 e. The van der Waals surface area contributed by atoms with Gasteiger partial charge in [0.1, 0.15) is 6.10 Å². The highest BCUT2D eigenvalue weighted by atomic mass is 35.5. The number of nitrogens with one attached hydrogen (secondary N) is 1. The summed E-state index contributed by atoms with van der Waals surface area (Å²) in [6.45, 7) is 9.39. The average Bonchev–Trinajstić information content (AvgIpc) is 2.64. The van der Waals surface area contributed by atoms with Crippen molar-refractivity contribution in [2.24, 2.45) is 0 Å². The number of hydrogen-bond acceptors (Lipinski definition) is 3. The largest absolute Gasteiger partial charge is 0.452 e. The molecule has 1 N–H and O–H groups in total. The van der Waals surface area contributed by atoms with E-state index in [-0.39, 0.29) is 0 Å². The van der Waals surface area contributed by atoms with E-state index in [1.54, 1.807) is 42.5 Å². The van der Waals surface area contributed by atoms with Crippen LogP contribution >= 0.6 is 11.6 Å². The Bertz CT molecular complexity index is 818. The van der Waals surface area contributed by atoms with E-state index in [9.17, 15) is 9.00 Å². The minimum atomic E-state index is -1.39. The Kier molecular flexibility index (Phi) is 7.36. The van der Waals surface area contributed by atoms with Crippen molar-refractivity contribution in [1.82, 2.24) is 4.72 Å². The third-order valence-corrected chi connectivity index (χ3v) is 5.63. The summed E-state index contributed by atoms with van der Waals surface area (Å²) in [5.74, 6) is -0.476. The summed E-state index contributed by atoms with van der Waals surface area (Å²) in [6, 6.07) is 15.3. The fourth-order valence-corrected chi connectivity index (χ4v) is 3.39. The first kappa shape index (κ1) is 21.4. The molecule has 0 amide bonds. The highest BCUT2D eigenvalue weighted by Crippen LogP contribution is 2.26. The first-order valence-electron chi connectivity index (χ1n) is 8.54. The van der Waals surface area contributed by atoms with Gasteiger partial charge in [0.2, 0.25) is 0 Å². The van der Waals surface area contributed by atoms with Gasteiger partial charge in [-0.05, 0) is 56.7 Å². The molecule has 2 aromatic carbocycles. The molecule has 0 fully saturated rings. The Morgan fingerprint density at radius 1 is 1.19 bits per heavy atom. The first-order chi connectivity index (χ1) is 12.7. The van der Waals surface area contributed by atoms with Crippen LogP contribution in [0.1, 0.15) is 42.7 Å². The number of halogens is 1. The van der Waals surface area contributed by atoms with Crippen LogP contribution in [0.4, 0.5) is 0 Å². The number of benzene rings is 2. The second-order valence-electron chi connectivity index (χ2n) is 7.00. The highest BCUT2D eigenvalue weighted by Gasteiger charge is 2.30. The highest BCUT2D eigenvalue weighted by molar-refractivity contribution is 7.84. The van der Waals surface area contributed by atoms with Gasteiger partial charge in [-0.25, -0.2) is 13.7 Å². The maximum absolute atomic E-state index is 12.7. The number of carbonyl (C=O) groups excluding carboxylic acids is 1. The summed E-state index contributed by atoms with van der Waals surface area (Å²) < 4.78 is 20.9. The molecular formula is C21H24ClNO3S. The van der Waals surface area contributed by atoms with Gasteiger partial charge in [-0.2, -0.15) is 0 Å². The molecule has 0 radical (unpaired) electrons. The van der Waals surface area contributed by atoms with Gasteiger partial charge in [0.15, 0.2) is 0 Å². The maximum atomic E-state index is 12.7. The van der Waals surface area contributed by atoms with E-state index in [4.69, 9.17) is 16.3 Å². The summed E-state index contributed by atoms with van der Waals surface area (Å²) in [5, 5.41) is 0.540. The van der Waals surface area contributed by atoms with Crippen LogP contribution in [-0.4, -0.2) is 21.0 Å². The Labute approximate surface area is 168 Å². The smallest absolute Gasteiger partial charge is 0.338 e. The number of hydrogen-bond donors (Lipinski definition) is 1. The molecule has 0 spiro atoms. The molecule has 3 atom stereocenters. The van der Waals surface area contributed by atoms with E-state index in [0.29, 0.717) is 10.6 Å². The van der Waals surface area contributed by atoms with E-state index >= 15 is 0 Å². The zero-order chi connectivity index (χ0) is 20.0. The third kappa shape index (κ3) is 6.03. The normalized spacial score (nSPS) is 14.8. The third-order valence-electron chi connectivity index (χ3n) is 3.81.